The predicted octanol–water partition coefficient (Wildman–Crippen LogP) is 3.63. The fraction of sp³-hybridized carbons (Fsp3) is 0.231. The van der Waals surface area contributed by atoms with Crippen molar-refractivity contribution in [1.82, 2.24) is 4.98 Å². The highest BCUT2D eigenvalue weighted by Gasteiger charge is 2.26. The van der Waals surface area contributed by atoms with E-state index in [4.69, 9.17) is 11.6 Å². The first kappa shape index (κ1) is 12.4. The molecule has 0 aliphatic heterocycles. The van der Waals surface area contributed by atoms with Crippen LogP contribution in [0.2, 0.25) is 5.02 Å². The second-order valence-corrected chi connectivity index (χ2v) is 5.74. The second kappa shape index (κ2) is 4.83. The number of rotatable bonds is 3. The van der Waals surface area contributed by atoms with Gasteiger partial charge in [-0.3, -0.25) is 10.1 Å². The summed E-state index contributed by atoms with van der Waals surface area (Å²) >= 11 is 7.19. The summed E-state index contributed by atoms with van der Waals surface area (Å²) in [6, 6.07) is 4.35. The van der Waals surface area contributed by atoms with Crippen molar-refractivity contribution in [3.8, 4) is 5.75 Å². The van der Waals surface area contributed by atoms with E-state index >= 15 is 0 Å². The lowest BCUT2D eigenvalue weighted by atomic mass is 10.2. The van der Waals surface area contributed by atoms with E-state index in [1.807, 2.05) is 5.38 Å². The van der Waals surface area contributed by atoms with Gasteiger partial charge in [-0.2, -0.15) is 0 Å². The van der Waals surface area contributed by atoms with Gasteiger partial charge in [0.1, 0.15) is 5.75 Å². The summed E-state index contributed by atoms with van der Waals surface area (Å²) < 4.78 is 0. The van der Waals surface area contributed by atoms with Gasteiger partial charge >= 0.3 is 0 Å². The molecule has 1 aromatic carbocycles. The highest BCUT2D eigenvalue weighted by atomic mass is 35.5. The van der Waals surface area contributed by atoms with Crippen molar-refractivity contribution in [3.63, 3.8) is 0 Å². The number of hydrogen-bond acceptors (Lipinski definition) is 4. The van der Waals surface area contributed by atoms with Crippen LogP contribution in [-0.4, -0.2) is 16.0 Å². The average Bonchev–Trinajstić information content (AvgIpc) is 3.14. The van der Waals surface area contributed by atoms with Crippen molar-refractivity contribution < 1.29 is 9.90 Å². The second-order valence-electron chi connectivity index (χ2n) is 4.47. The van der Waals surface area contributed by atoms with Crippen LogP contribution in [0.5, 0.6) is 5.75 Å². The molecule has 1 aliphatic rings. The Kier molecular flexibility index (Phi) is 3.16. The van der Waals surface area contributed by atoms with E-state index in [1.165, 1.54) is 42.4 Å². The zero-order valence-corrected chi connectivity index (χ0v) is 11.5. The van der Waals surface area contributed by atoms with E-state index < -0.39 is 0 Å². The standard InChI is InChI=1S/C13H11ClN2O2S/c14-9-5-8(3-4-11(9)17)12(18)16-13-15-10(6-19-13)7-1-2-7/h3-7,17H,1-2H2,(H,15,16,18). The molecule has 98 valence electrons. The Morgan fingerprint density at radius 2 is 2.26 bits per heavy atom. The first-order valence-corrected chi connectivity index (χ1v) is 7.14. The number of carbonyl (C=O) groups is 1. The van der Waals surface area contributed by atoms with Gasteiger partial charge in [0.25, 0.3) is 5.91 Å². The molecule has 0 spiro atoms. The molecule has 1 amide bonds. The Morgan fingerprint density at radius 3 is 2.95 bits per heavy atom. The van der Waals surface area contributed by atoms with Crippen molar-refractivity contribution in [2.24, 2.45) is 0 Å². The predicted molar refractivity (Wildman–Crippen MR) is 75.2 cm³/mol. The first-order chi connectivity index (χ1) is 9.13. The van der Waals surface area contributed by atoms with Gasteiger partial charge in [-0.25, -0.2) is 4.98 Å². The molecule has 0 unspecified atom stereocenters. The van der Waals surface area contributed by atoms with Crippen molar-refractivity contribution >= 4 is 34.0 Å². The molecule has 6 heteroatoms. The van der Waals surface area contributed by atoms with Gasteiger partial charge < -0.3 is 5.11 Å². The number of benzene rings is 1. The van der Waals surface area contributed by atoms with E-state index in [9.17, 15) is 9.90 Å². The molecule has 4 nitrogen and oxygen atoms in total. The van der Waals surface area contributed by atoms with Crippen LogP contribution in [0.15, 0.2) is 23.6 Å². The van der Waals surface area contributed by atoms with Crippen LogP contribution in [0.1, 0.15) is 34.8 Å². The van der Waals surface area contributed by atoms with Crippen LogP contribution < -0.4 is 5.32 Å². The number of carbonyl (C=O) groups excluding carboxylic acids is 1. The Hall–Kier alpha value is -1.59. The SMILES string of the molecule is O=C(Nc1nc(C2CC2)cs1)c1ccc(O)c(Cl)c1. The van der Waals surface area contributed by atoms with E-state index in [0.29, 0.717) is 16.6 Å². The number of anilines is 1. The molecule has 2 aromatic rings. The topological polar surface area (TPSA) is 62.2 Å². The number of nitrogens with one attached hydrogen (secondary N) is 1. The average molecular weight is 295 g/mol. The molecule has 0 radical (unpaired) electrons. The van der Waals surface area contributed by atoms with Gasteiger partial charge in [-0.15, -0.1) is 11.3 Å². The van der Waals surface area contributed by atoms with Crippen LogP contribution >= 0.6 is 22.9 Å². The van der Waals surface area contributed by atoms with Crippen LogP contribution in [0.4, 0.5) is 5.13 Å². The lowest BCUT2D eigenvalue weighted by molar-refractivity contribution is 0.102. The highest BCUT2D eigenvalue weighted by molar-refractivity contribution is 7.14. The number of phenolic OH excluding ortho intramolecular Hbond substituents is 1. The maximum absolute atomic E-state index is 12.0. The highest BCUT2D eigenvalue weighted by Crippen LogP contribution is 2.40. The summed E-state index contributed by atoms with van der Waals surface area (Å²) in [6.45, 7) is 0. The smallest absolute Gasteiger partial charge is 0.257 e. The Balaban J connectivity index is 1.74. The Bertz CT molecular complexity index is 637. The quantitative estimate of drug-likeness (QED) is 0.908. The molecule has 1 heterocycles. The van der Waals surface area contributed by atoms with Gasteiger partial charge in [0.2, 0.25) is 0 Å². The summed E-state index contributed by atoms with van der Waals surface area (Å²) in [7, 11) is 0. The van der Waals surface area contributed by atoms with Gasteiger partial charge in [0.05, 0.1) is 10.7 Å². The number of thiazole rings is 1. The number of amides is 1. The van der Waals surface area contributed by atoms with Crippen molar-refractivity contribution in [3.05, 3.63) is 39.9 Å². The van der Waals surface area contributed by atoms with Crippen molar-refractivity contribution in [1.29, 1.82) is 0 Å². The fourth-order valence-corrected chi connectivity index (χ4v) is 2.70. The molecule has 0 saturated heterocycles. The van der Waals surface area contributed by atoms with Crippen molar-refractivity contribution in [2.75, 3.05) is 5.32 Å². The van der Waals surface area contributed by atoms with Crippen LogP contribution in [-0.2, 0) is 0 Å². The minimum Gasteiger partial charge on any atom is -0.506 e. The molecule has 1 aliphatic carbocycles. The lowest BCUT2D eigenvalue weighted by Gasteiger charge is -2.03. The number of hydrogen-bond donors (Lipinski definition) is 2. The molecule has 1 saturated carbocycles. The molecular formula is C13H11ClN2O2S. The third-order valence-corrected chi connectivity index (χ3v) is 4.03. The minimum absolute atomic E-state index is 0.0384. The fourth-order valence-electron chi connectivity index (χ4n) is 1.73. The van der Waals surface area contributed by atoms with E-state index in [-0.39, 0.29) is 16.7 Å². The number of halogens is 1. The zero-order chi connectivity index (χ0) is 13.4. The van der Waals surface area contributed by atoms with Gasteiger partial charge in [-0.05, 0) is 31.0 Å². The van der Waals surface area contributed by atoms with E-state index in [0.717, 1.165) is 5.69 Å². The van der Waals surface area contributed by atoms with Crippen LogP contribution in [0, 0.1) is 0 Å². The van der Waals surface area contributed by atoms with Crippen molar-refractivity contribution in [2.45, 2.75) is 18.8 Å². The molecule has 0 atom stereocenters. The zero-order valence-electron chi connectivity index (χ0n) is 9.89. The molecular weight excluding hydrogens is 284 g/mol. The molecule has 1 aromatic heterocycles. The Labute approximate surface area is 119 Å². The molecule has 1 fully saturated rings. The van der Waals surface area contributed by atoms with Crippen LogP contribution in [0.25, 0.3) is 0 Å². The number of aromatic hydroxyl groups is 1. The van der Waals surface area contributed by atoms with E-state index in [1.54, 1.807) is 0 Å². The maximum Gasteiger partial charge on any atom is 0.257 e. The number of aromatic nitrogens is 1. The molecule has 0 bridgehead atoms. The Morgan fingerprint density at radius 1 is 1.47 bits per heavy atom. The maximum atomic E-state index is 12.0. The summed E-state index contributed by atoms with van der Waals surface area (Å²) in [5, 5.41) is 14.8. The number of nitrogens with zero attached hydrogens (tertiary/aromatic N) is 1. The lowest BCUT2D eigenvalue weighted by Crippen LogP contribution is -2.11. The van der Waals surface area contributed by atoms with E-state index in [2.05, 4.69) is 10.3 Å². The summed E-state index contributed by atoms with van der Waals surface area (Å²) in [6.07, 6.45) is 2.37. The summed E-state index contributed by atoms with van der Waals surface area (Å²) in [5.74, 6) is 0.257. The van der Waals surface area contributed by atoms with Gasteiger partial charge in [0, 0.05) is 16.9 Å². The first-order valence-electron chi connectivity index (χ1n) is 5.89. The minimum atomic E-state index is -0.279. The summed E-state index contributed by atoms with van der Waals surface area (Å²) in [4.78, 5) is 16.4. The van der Waals surface area contributed by atoms with Gasteiger partial charge in [-0.1, -0.05) is 11.6 Å². The normalized spacial score (nSPS) is 14.4. The van der Waals surface area contributed by atoms with Gasteiger partial charge in [0.15, 0.2) is 5.13 Å². The number of phenols is 1. The third kappa shape index (κ3) is 2.72. The van der Waals surface area contributed by atoms with Crippen LogP contribution in [0.3, 0.4) is 0 Å². The molecule has 19 heavy (non-hydrogen) atoms. The monoisotopic (exact) mass is 294 g/mol. The largest absolute Gasteiger partial charge is 0.506 e. The third-order valence-electron chi connectivity index (χ3n) is 2.95. The molecule has 2 N–H and O–H groups in total. The summed E-state index contributed by atoms with van der Waals surface area (Å²) in [5.41, 5.74) is 1.45. The molecule has 3 rings (SSSR count).